The molecule has 5 nitrogen and oxygen atoms in total. The third-order valence-corrected chi connectivity index (χ3v) is 4.10. The minimum atomic E-state index is -4.52. The maximum atomic E-state index is 14.3. The van der Waals surface area contributed by atoms with Crippen molar-refractivity contribution in [2.75, 3.05) is 11.4 Å². The van der Waals surface area contributed by atoms with Gasteiger partial charge in [0.2, 0.25) is 5.95 Å². The first-order valence-corrected chi connectivity index (χ1v) is 9.24. The summed E-state index contributed by atoms with van der Waals surface area (Å²) in [5.41, 5.74) is -1.90. The zero-order valence-corrected chi connectivity index (χ0v) is 17.4. The number of aliphatic hydroxyl groups excluding tert-OH is 1. The van der Waals surface area contributed by atoms with Gasteiger partial charge in [-0.2, -0.15) is 17.6 Å². The van der Waals surface area contributed by atoms with Crippen molar-refractivity contribution in [3.63, 3.8) is 0 Å². The maximum absolute atomic E-state index is 14.3. The number of anilines is 1. The van der Waals surface area contributed by atoms with Crippen LogP contribution in [0.15, 0.2) is 41.0 Å². The Bertz CT molecular complexity index is 867. The van der Waals surface area contributed by atoms with Gasteiger partial charge < -0.3 is 9.84 Å². The number of hydrogen-bond donors (Lipinski definition) is 1. The Morgan fingerprint density at radius 1 is 1.24 bits per heavy atom. The van der Waals surface area contributed by atoms with E-state index in [0.29, 0.717) is 4.47 Å². The van der Waals surface area contributed by atoms with Gasteiger partial charge in [0, 0.05) is 10.7 Å². The van der Waals surface area contributed by atoms with Gasteiger partial charge in [0.05, 0.1) is 18.2 Å². The summed E-state index contributed by atoms with van der Waals surface area (Å²) in [4.78, 5) is 17.0. The van der Waals surface area contributed by atoms with Crippen LogP contribution in [0.1, 0.15) is 38.0 Å². The highest BCUT2D eigenvalue weighted by Gasteiger charge is 2.31. The second kappa shape index (κ2) is 8.66. The maximum Gasteiger partial charge on any atom is 0.416 e. The number of aliphatic hydroxyl groups is 1. The summed E-state index contributed by atoms with van der Waals surface area (Å²) in [5, 5.41) is 10.5. The monoisotopic (exact) mass is 478 g/mol. The molecule has 1 heterocycles. The predicted octanol–water partition coefficient (Wildman–Crippen LogP) is 5.48. The van der Waals surface area contributed by atoms with Crippen LogP contribution in [0.4, 0.5) is 28.0 Å². The molecule has 0 aliphatic heterocycles. The Hall–Kier alpha value is -2.20. The second-order valence-corrected chi connectivity index (χ2v) is 8.11. The number of hydrogen-bond acceptors (Lipinski definition) is 4. The fraction of sp³-hybridized carbons (Fsp3) is 0.368. The lowest BCUT2D eigenvalue weighted by Gasteiger charge is -2.29. The lowest BCUT2D eigenvalue weighted by Crippen LogP contribution is -2.40. The van der Waals surface area contributed by atoms with Crippen LogP contribution in [-0.2, 0) is 10.9 Å². The summed E-state index contributed by atoms with van der Waals surface area (Å²) < 4.78 is 58.0. The van der Waals surface area contributed by atoms with Crippen molar-refractivity contribution < 1.29 is 32.2 Å². The summed E-state index contributed by atoms with van der Waals surface area (Å²) in [6, 6.07) is 5.10. The van der Waals surface area contributed by atoms with Crippen molar-refractivity contribution in [1.29, 1.82) is 0 Å². The molecule has 1 amide bonds. The first-order chi connectivity index (χ1) is 13.3. The Labute approximate surface area is 173 Å². The zero-order chi connectivity index (χ0) is 22.0. The van der Waals surface area contributed by atoms with Crippen molar-refractivity contribution in [3.05, 3.63) is 58.1 Å². The number of ether oxygens (including phenoxy) is 1. The number of amides is 1. The average Bonchev–Trinajstić information content (AvgIpc) is 2.59. The predicted molar refractivity (Wildman–Crippen MR) is 102 cm³/mol. The van der Waals surface area contributed by atoms with Gasteiger partial charge in [-0.25, -0.2) is 9.78 Å². The van der Waals surface area contributed by atoms with E-state index in [9.17, 15) is 27.5 Å². The molecule has 0 spiro atoms. The number of carbonyl (C=O) groups excluding carboxylic acids is 1. The van der Waals surface area contributed by atoms with E-state index < -0.39 is 42.0 Å². The molecule has 1 aromatic carbocycles. The summed E-state index contributed by atoms with van der Waals surface area (Å²) in [5.74, 6) is -0.973. The molecular formula is C19H19BrF4N2O3. The van der Waals surface area contributed by atoms with Crippen LogP contribution >= 0.6 is 15.9 Å². The van der Waals surface area contributed by atoms with Gasteiger partial charge in [-0.15, -0.1) is 0 Å². The van der Waals surface area contributed by atoms with Crippen LogP contribution in [0.5, 0.6) is 0 Å². The molecule has 0 fully saturated rings. The minimum Gasteiger partial charge on any atom is -0.443 e. The summed E-state index contributed by atoms with van der Waals surface area (Å²) >= 11 is 3.14. The quantitative estimate of drug-likeness (QED) is 0.466. The molecule has 0 saturated heterocycles. The Morgan fingerprint density at radius 2 is 1.83 bits per heavy atom. The van der Waals surface area contributed by atoms with Crippen LogP contribution in [0, 0.1) is 5.95 Å². The Kier molecular flexibility index (Phi) is 6.89. The van der Waals surface area contributed by atoms with E-state index >= 15 is 0 Å². The highest BCUT2D eigenvalue weighted by Crippen LogP contribution is 2.31. The SMILES string of the molecule is CC(C)(C)OC(=O)N(C[C@H](O)c1ccc(C(F)(F)F)cc1)c1cc(Br)cnc1F. The van der Waals surface area contributed by atoms with Crippen LogP contribution in [0.2, 0.25) is 0 Å². The zero-order valence-electron chi connectivity index (χ0n) is 15.8. The molecule has 29 heavy (non-hydrogen) atoms. The van der Waals surface area contributed by atoms with E-state index in [0.717, 1.165) is 29.2 Å². The number of aromatic nitrogens is 1. The van der Waals surface area contributed by atoms with Crippen LogP contribution in [-0.4, -0.2) is 28.3 Å². The molecule has 0 aliphatic carbocycles. The molecule has 2 rings (SSSR count). The third-order valence-electron chi connectivity index (χ3n) is 3.67. The molecule has 2 aromatic rings. The molecule has 0 aliphatic rings. The average molecular weight is 479 g/mol. The van der Waals surface area contributed by atoms with Gasteiger partial charge in [-0.3, -0.25) is 4.90 Å². The second-order valence-electron chi connectivity index (χ2n) is 7.19. The Balaban J connectivity index is 2.34. The summed E-state index contributed by atoms with van der Waals surface area (Å²) in [6.07, 6.45) is -5.67. The number of carbonyl (C=O) groups is 1. The molecular weight excluding hydrogens is 460 g/mol. The largest absolute Gasteiger partial charge is 0.443 e. The molecule has 0 radical (unpaired) electrons. The van der Waals surface area contributed by atoms with Crippen molar-refractivity contribution in [3.8, 4) is 0 Å². The number of benzene rings is 1. The lowest BCUT2D eigenvalue weighted by atomic mass is 10.1. The van der Waals surface area contributed by atoms with Gasteiger partial charge >= 0.3 is 12.3 Å². The van der Waals surface area contributed by atoms with Crippen molar-refractivity contribution in [1.82, 2.24) is 4.98 Å². The minimum absolute atomic E-state index is 0.120. The number of nitrogens with zero attached hydrogens (tertiary/aromatic N) is 2. The van der Waals surface area contributed by atoms with E-state index in [2.05, 4.69) is 20.9 Å². The third kappa shape index (κ3) is 6.40. The van der Waals surface area contributed by atoms with Gasteiger partial charge in [0.25, 0.3) is 0 Å². The van der Waals surface area contributed by atoms with E-state index in [1.165, 1.54) is 12.3 Å². The molecule has 158 valence electrons. The van der Waals surface area contributed by atoms with E-state index in [1.54, 1.807) is 20.8 Å². The number of halogens is 5. The van der Waals surface area contributed by atoms with Crippen molar-refractivity contribution >= 4 is 27.7 Å². The molecule has 0 saturated carbocycles. The van der Waals surface area contributed by atoms with Crippen molar-refractivity contribution in [2.24, 2.45) is 0 Å². The molecule has 0 unspecified atom stereocenters. The molecule has 1 aromatic heterocycles. The van der Waals surface area contributed by atoms with Crippen molar-refractivity contribution in [2.45, 2.75) is 38.7 Å². The van der Waals surface area contributed by atoms with Crippen LogP contribution < -0.4 is 4.90 Å². The van der Waals surface area contributed by atoms with E-state index in [-0.39, 0.29) is 11.3 Å². The Morgan fingerprint density at radius 3 is 2.34 bits per heavy atom. The lowest BCUT2D eigenvalue weighted by molar-refractivity contribution is -0.137. The van der Waals surface area contributed by atoms with Gasteiger partial charge in [-0.1, -0.05) is 12.1 Å². The van der Waals surface area contributed by atoms with Gasteiger partial charge in [0.15, 0.2) is 0 Å². The normalized spacial score (nSPS) is 13.1. The highest BCUT2D eigenvalue weighted by molar-refractivity contribution is 9.10. The molecule has 1 atom stereocenters. The van der Waals surface area contributed by atoms with Gasteiger partial charge in [-0.05, 0) is 60.5 Å². The fourth-order valence-corrected chi connectivity index (χ4v) is 2.68. The fourth-order valence-electron chi connectivity index (χ4n) is 2.36. The van der Waals surface area contributed by atoms with E-state index in [4.69, 9.17) is 4.74 Å². The standard InChI is InChI=1S/C19H19BrF4N2O3/c1-18(2,3)29-17(28)26(14-8-13(20)9-25-16(14)21)10-15(27)11-4-6-12(7-5-11)19(22,23)24/h4-9,15,27H,10H2,1-3H3/t15-/m0/s1. The summed E-state index contributed by atoms with van der Waals surface area (Å²) in [7, 11) is 0. The first-order valence-electron chi connectivity index (χ1n) is 8.45. The van der Waals surface area contributed by atoms with Gasteiger partial charge in [0.1, 0.15) is 11.3 Å². The van der Waals surface area contributed by atoms with Crippen LogP contribution in [0.3, 0.4) is 0 Å². The highest BCUT2D eigenvalue weighted by atomic mass is 79.9. The number of alkyl halides is 3. The van der Waals surface area contributed by atoms with Crippen LogP contribution in [0.25, 0.3) is 0 Å². The molecule has 10 heteroatoms. The number of rotatable bonds is 4. The number of pyridine rings is 1. The molecule has 0 bridgehead atoms. The topological polar surface area (TPSA) is 62.7 Å². The first kappa shape index (κ1) is 23.1. The molecule has 1 N–H and O–H groups in total. The van der Waals surface area contributed by atoms with E-state index in [1.807, 2.05) is 0 Å². The smallest absolute Gasteiger partial charge is 0.416 e. The summed E-state index contributed by atoms with van der Waals surface area (Å²) in [6.45, 7) is 4.38.